The lowest BCUT2D eigenvalue weighted by atomic mass is 10.1. The third-order valence-electron chi connectivity index (χ3n) is 2.61. The van der Waals surface area contributed by atoms with Gasteiger partial charge in [-0.1, -0.05) is 31.4 Å². The number of nitrogens with one attached hydrogen (secondary N) is 1. The minimum absolute atomic E-state index is 0.0859. The Bertz CT molecular complexity index is 418. The molecule has 1 rings (SSSR count). The minimum Gasteiger partial charge on any atom is -0.431 e. The lowest BCUT2D eigenvalue weighted by molar-refractivity contribution is -0.0498. The summed E-state index contributed by atoms with van der Waals surface area (Å²) in [5.41, 5.74) is 0.475. The highest BCUT2D eigenvalue weighted by Gasteiger charge is 2.16. The van der Waals surface area contributed by atoms with Gasteiger partial charge >= 0.3 is 6.61 Å². The SMILES string of the molecule is CCCCC(C)Nc1cc(Cl)cc(Br)c1OC(F)F. The van der Waals surface area contributed by atoms with Gasteiger partial charge in [-0.25, -0.2) is 0 Å². The van der Waals surface area contributed by atoms with Gasteiger partial charge in [0.05, 0.1) is 10.2 Å². The number of hydrogen-bond acceptors (Lipinski definition) is 2. The van der Waals surface area contributed by atoms with Crippen LogP contribution in [0.25, 0.3) is 0 Å². The van der Waals surface area contributed by atoms with E-state index in [9.17, 15) is 8.78 Å². The average molecular weight is 357 g/mol. The summed E-state index contributed by atoms with van der Waals surface area (Å²) in [6.07, 6.45) is 3.11. The Balaban J connectivity index is 2.90. The summed E-state index contributed by atoms with van der Waals surface area (Å²) in [5.74, 6) is 0.0859. The van der Waals surface area contributed by atoms with Crippen LogP contribution in [0.5, 0.6) is 5.75 Å². The number of rotatable bonds is 7. The molecule has 0 aliphatic carbocycles. The van der Waals surface area contributed by atoms with Crippen LogP contribution in [-0.4, -0.2) is 12.7 Å². The smallest absolute Gasteiger partial charge is 0.387 e. The van der Waals surface area contributed by atoms with E-state index < -0.39 is 6.61 Å². The third-order valence-corrected chi connectivity index (χ3v) is 3.42. The van der Waals surface area contributed by atoms with Gasteiger partial charge in [-0.2, -0.15) is 8.78 Å². The van der Waals surface area contributed by atoms with Crippen molar-refractivity contribution in [1.29, 1.82) is 0 Å². The number of hydrogen-bond donors (Lipinski definition) is 1. The molecule has 1 aromatic rings. The first-order valence-corrected chi connectivity index (χ1v) is 7.31. The van der Waals surface area contributed by atoms with Crippen LogP contribution in [0.2, 0.25) is 5.02 Å². The predicted octanol–water partition coefficient (Wildman–Crippen LogP) is 5.69. The molecule has 2 nitrogen and oxygen atoms in total. The first-order valence-electron chi connectivity index (χ1n) is 6.14. The molecular formula is C13H17BrClF2NO. The van der Waals surface area contributed by atoms with Gasteiger partial charge in [-0.05, 0) is 41.4 Å². The maximum absolute atomic E-state index is 12.4. The standard InChI is InChI=1S/C13H17BrClF2NO/c1-3-4-5-8(2)18-11-7-9(15)6-10(14)12(11)19-13(16)17/h6-8,13,18H,3-5H2,1-2H3. The van der Waals surface area contributed by atoms with Crippen molar-refractivity contribution in [3.05, 3.63) is 21.6 Å². The van der Waals surface area contributed by atoms with Crippen molar-refractivity contribution in [2.45, 2.75) is 45.8 Å². The summed E-state index contributed by atoms with van der Waals surface area (Å²) in [7, 11) is 0. The quantitative estimate of drug-likeness (QED) is 0.677. The van der Waals surface area contributed by atoms with Crippen LogP contribution in [0, 0.1) is 0 Å². The lowest BCUT2D eigenvalue weighted by Gasteiger charge is -2.19. The van der Waals surface area contributed by atoms with Crippen LogP contribution >= 0.6 is 27.5 Å². The number of benzene rings is 1. The van der Waals surface area contributed by atoms with E-state index in [0.717, 1.165) is 19.3 Å². The Morgan fingerprint density at radius 3 is 2.68 bits per heavy atom. The second-order valence-electron chi connectivity index (χ2n) is 4.33. The molecule has 0 spiro atoms. The van der Waals surface area contributed by atoms with Gasteiger partial charge in [0, 0.05) is 11.1 Å². The van der Waals surface area contributed by atoms with E-state index in [1.165, 1.54) is 6.07 Å². The van der Waals surface area contributed by atoms with Crippen molar-refractivity contribution in [3.63, 3.8) is 0 Å². The fourth-order valence-corrected chi connectivity index (χ4v) is 2.63. The number of anilines is 1. The Kier molecular flexibility index (Phi) is 6.86. The Labute approximate surface area is 125 Å². The zero-order chi connectivity index (χ0) is 14.4. The highest BCUT2D eigenvalue weighted by molar-refractivity contribution is 9.10. The van der Waals surface area contributed by atoms with E-state index in [-0.39, 0.29) is 11.8 Å². The van der Waals surface area contributed by atoms with E-state index in [1.54, 1.807) is 6.07 Å². The first kappa shape index (κ1) is 16.5. The van der Waals surface area contributed by atoms with Crippen molar-refractivity contribution in [3.8, 4) is 5.75 Å². The summed E-state index contributed by atoms with van der Waals surface area (Å²) in [5, 5.41) is 3.62. The molecule has 0 saturated heterocycles. The second kappa shape index (κ2) is 7.90. The molecule has 1 aromatic carbocycles. The van der Waals surface area contributed by atoms with E-state index >= 15 is 0 Å². The molecule has 1 unspecified atom stereocenters. The zero-order valence-corrected chi connectivity index (χ0v) is 13.2. The van der Waals surface area contributed by atoms with Gasteiger partial charge in [0.15, 0.2) is 5.75 Å². The van der Waals surface area contributed by atoms with Gasteiger partial charge in [-0.15, -0.1) is 0 Å². The first-order chi connectivity index (χ1) is 8.93. The Morgan fingerprint density at radius 2 is 2.11 bits per heavy atom. The number of alkyl halides is 2. The third kappa shape index (κ3) is 5.53. The van der Waals surface area contributed by atoms with Crippen molar-refractivity contribution < 1.29 is 13.5 Å². The van der Waals surface area contributed by atoms with Crippen LogP contribution in [0.15, 0.2) is 16.6 Å². The molecule has 1 atom stereocenters. The highest BCUT2D eigenvalue weighted by Crippen LogP contribution is 2.38. The second-order valence-corrected chi connectivity index (χ2v) is 5.62. The maximum atomic E-state index is 12.4. The van der Waals surface area contributed by atoms with Gasteiger partial charge in [-0.3, -0.25) is 0 Å². The van der Waals surface area contributed by atoms with Gasteiger partial charge in [0.25, 0.3) is 0 Å². The van der Waals surface area contributed by atoms with Crippen molar-refractivity contribution >= 4 is 33.2 Å². The van der Waals surface area contributed by atoms with Crippen molar-refractivity contribution in [1.82, 2.24) is 0 Å². The summed E-state index contributed by atoms with van der Waals surface area (Å²) in [6.45, 7) is 1.23. The van der Waals surface area contributed by atoms with Crippen molar-refractivity contribution in [2.24, 2.45) is 0 Å². The van der Waals surface area contributed by atoms with Crippen LogP contribution in [-0.2, 0) is 0 Å². The van der Waals surface area contributed by atoms with E-state index in [2.05, 4.69) is 32.9 Å². The molecule has 0 saturated carbocycles. The Morgan fingerprint density at radius 1 is 1.42 bits per heavy atom. The molecule has 0 fully saturated rings. The molecular weight excluding hydrogens is 340 g/mol. The van der Waals surface area contributed by atoms with E-state index in [0.29, 0.717) is 15.2 Å². The minimum atomic E-state index is -2.87. The summed E-state index contributed by atoms with van der Waals surface area (Å²) in [6, 6.07) is 3.28. The maximum Gasteiger partial charge on any atom is 0.387 e. The predicted molar refractivity (Wildman–Crippen MR) is 78.4 cm³/mol. The zero-order valence-electron chi connectivity index (χ0n) is 10.9. The molecule has 0 aliphatic rings. The van der Waals surface area contributed by atoms with Crippen LogP contribution in [0.4, 0.5) is 14.5 Å². The molecule has 0 bridgehead atoms. The number of unbranched alkanes of at least 4 members (excludes halogenated alkanes) is 1. The molecule has 0 aliphatic heterocycles. The fraction of sp³-hybridized carbons (Fsp3) is 0.538. The molecule has 0 amide bonds. The fourth-order valence-electron chi connectivity index (χ4n) is 1.72. The van der Waals surface area contributed by atoms with Crippen LogP contribution in [0.1, 0.15) is 33.1 Å². The average Bonchev–Trinajstić information content (AvgIpc) is 2.30. The molecule has 0 heterocycles. The summed E-state index contributed by atoms with van der Waals surface area (Å²) in [4.78, 5) is 0. The van der Waals surface area contributed by atoms with E-state index in [1.807, 2.05) is 6.92 Å². The molecule has 1 N–H and O–H groups in total. The summed E-state index contributed by atoms with van der Waals surface area (Å²) < 4.78 is 29.8. The van der Waals surface area contributed by atoms with Crippen molar-refractivity contribution in [2.75, 3.05) is 5.32 Å². The molecule has 0 aromatic heterocycles. The molecule has 6 heteroatoms. The topological polar surface area (TPSA) is 21.3 Å². The number of halogens is 4. The summed E-state index contributed by atoms with van der Waals surface area (Å²) >= 11 is 9.12. The highest BCUT2D eigenvalue weighted by atomic mass is 79.9. The normalized spacial score (nSPS) is 12.6. The van der Waals surface area contributed by atoms with E-state index in [4.69, 9.17) is 11.6 Å². The van der Waals surface area contributed by atoms with Gasteiger partial charge in [0.2, 0.25) is 0 Å². The monoisotopic (exact) mass is 355 g/mol. The Hall–Kier alpha value is -0.550. The lowest BCUT2D eigenvalue weighted by Crippen LogP contribution is -2.16. The van der Waals surface area contributed by atoms with Gasteiger partial charge < -0.3 is 10.1 Å². The van der Waals surface area contributed by atoms with Gasteiger partial charge in [0.1, 0.15) is 0 Å². The molecule has 19 heavy (non-hydrogen) atoms. The van der Waals surface area contributed by atoms with Crippen LogP contribution in [0.3, 0.4) is 0 Å². The number of ether oxygens (including phenoxy) is 1. The molecule has 108 valence electrons. The van der Waals surface area contributed by atoms with Crippen LogP contribution < -0.4 is 10.1 Å². The molecule has 0 radical (unpaired) electrons. The largest absolute Gasteiger partial charge is 0.431 e.